The first-order valence-electron chi connectivity index (χ1n) is 2.99. The van der Waals surface area contributed by atoms with E-state index in [1.807, 2.05) is 0 Å². The largest absolute Gasteiger partial charge is 0.480 e. The van der Waals surface area contributed by atoms with Crippen LogP contribution in [0.3, 0.4) is 0 Å². The van der Waals surface area contributed by atoms with Gasteiger partial charge in [-0.3, -0.25) is 14.9 Å². The van der Waals surface area contributed by atoms with E-state index in [0.29, 0.717) is 0 Å². The van der Waals surface area contributed by atoms with Crippen LogP contribution in [-0.4, -0.2) is 39.6 Å². The van der Waals surface area contributed by atoms with Gasteiger partial charge < -0.3 is 15.9 Å². The number of aliphatic carboxylic acids is 2. The fourth-order valence-electron chi connectivity index (χ4n) is 0.276. The van der Waals surface area contributed by atoms with Crippen LogP contribution in [0.1, 0.15) is 0 Å². The first-order chi connectivity index (χ1) is 5.86. The number of carboxylic acid groups (broad SMARTS) is 2. The molecule has 6 nitrogen and oxygen atoms in total. The van der Waals surface area contributed by atoms with Crippen molar-refractivity contribution in [2.24, 2.45) is 5.73 Å². The van der Waals surface area contributed by atoms with Gasteiger partial charge in [0.2, 0.25) is 0 Å². The van der Waals surface area contributed by atoms with Gasteiger partial charge in [0, 0.05) is 0 Å². The second kappa shape index (κ2) is 9.23. The number of hydrogen-bond donors (Lipinski definition) is 5. The van der Waals surface area contributed by atoms with Gasteiger partial charge in [-0.1, -0.05) is 12.2 Å². The molecule has 0 rings (SSSR count). The van der Waals surface area contributed by atoms with E-state index in [-0.39, 0.29) is 17.4 Å². The summed E-state index contributed by atoms with van der Waals surface area (Å²) in [5.74, 6) is -2.12. The summed E-state index contributed by atoms with van der Waals surface area (Å²) in [4.78, 5) is 19.5. The number of hydrogen-bond acceptors (Lipinski definition) is 4. The van der Waals surface area contributed by atoms with Crippen molar-refractivity contribution in [3.05, 3.63) is 0 Å². The lowest BCUT2D eigenvalue weighted by atomic mass is 10.6. The molecule has 0 unspecified atom stereocenters. The van der Waals surface area contributed by atoms with Gasteiger partial charge in [0.25, 0.3) is 0 Å². The number of carbonyl (C=O) groups is 2. The van der Waals surface area contributed by atoms with Crippen molar-refractivity contribution in [1.82, 2.24) is 5.32 Å². The minimum atomic E-state index is -1.06. The third-order valence-electron chi connectivity index (χ3n) is 0.552. The molecule has 0 heterocycles. The molecule has 5 N–H and O–H groups in total. The van der Waals surface area contributed by atoms with Crippen molar-refractivity contribution in [3.63, 3.8) is 0 Å². The molecule has 0 spiro atoms. The Labute approximate surface area is 85.5 Å². The van der Waals surface area contributed by atoms with Crippen LogP contribution in [0, 0.1) is 0 Å². The summed E-state index contributed by atoms with van der Waals surface area (Å²) in [6, 6.07) is 0. The van der Waals surface area contributed by atoms with Crippen molar-refractivity contribution in [2.75, 3.05) is 13.1 Å². The lowest BCUT2D eigenvalue weighted by Gasteiger charge is -1.93. The molecule has 0 saturated carbocycles. The molecule has 0 aromatic carbocycles. The molecule has 0 aromatic rings. The third-order valence-corrected chi connectivity index (χ3v) is 0.552. The maximum absolute atomic E-state index is 9.73. The van der Waals surface area contributed by atoms with Gasteiger partial charge in [-0.25, -0.2) is 0 Å². The number of nitrogens with one attached hydrogen (secondary N) is 1. The minimum Gasteiger partial charge on any atom is -0.480 e. The number of thiocarbonyl (C=S) groups is 1. The smallest absolute Gasteiger partial charge is 0.317 e. The van der Waals surface area contributed by atoms with Crippen molar-refractivity contribution in [3.8, 4) is 0 Å². The third kappa shape index (κ3) is 35.2. The van der Waals surface area contributed by atoms with E-state index in [2.05, 4.69) is 30.2 Å². The zero-order valence-electron chi connectivity index (χ0n) is 6.56. The van der Waals surface area contributed by atoms with Gasteiger partial charge in [-0.15, -0.1) is 12.6 Å². The molecule has 0 aliphatic heterocycles. The quantitative estimate of drug-likeness (QED) is 0.305. The second-order valence-electron chi connectivity index (χ2n) is 1.73. The van der Waals surface area contributed by atoms with Crippen LogP contribution >= 0.6 is 24.8 Å². The summed E-state index contributed by atoms with van der Waals surface area (Å²) in [6.07, 6.45) is 0. The van der Waals surface area contributed by atoms with E-state index in [0.717, 1.165) is 0 Å². The zero-order chi connectivity index (χ0) is 10.9. The Balaban J connectivity index is 0. The summed E-state index contributed by atoms with van der Waals surface area (Å²) in [5.41, 5.74) is 4.71. The normalized spacial score (nSPS) is 8.08. The van der Waals surface area contributed by atoms with E-state index >= 15 is 0 Å². The highest BCUT2D eigenvalue weighted by atomic mass is 32.1. The Morgan fingerprint density at radius 1 is 1.31 bits per heavy atom. The molecular weight excluding hydrogens is 216 g/mol. The molecule has 0 atom stereocenters. The van der Waals surface area contributed by atoms with Crippen molar-refractivity contribution in [2.45, 2.75) is 0 Å². The highest BCUT2D eigenvalue weighted by Crippen LogP contribution is 1.63. The Hall–Kier alpha value is -0.860. The van der Waals surface area contributed by atoms with Crippen LogP contribution in [0.4, 0.5) is 0 Å². The van der Waals surface area contributed by atoms with E-state index in [1.54, 1.807) is 0 Å². The van der Waals surface area contributed by atoms with Gasteiger partial charge in [0.15, 0.2) is 0 Å². The summed E-state index contributed by atoms with van der Waals surface area (Å²) in [6.45, 7) is -0.626. The van der Waals surface area contributed by atoms with E-state index < -0.39 is 11.9 Å². The average Bonchev–Trinajstić information content (AvgIpc) is 1.83. The summed E-state index contributed by atoms with van der Waals surface area (Å²) in [5, 5.41) is 18.1. The predicted octanol–water partition coefficient (Wildman–Crippen LogP) is -1.09. The molecular formula is C5H10N2O4S2. The zero-order valence-corrected chi connectivity index (χ0v) is 8.27. The van der Waals surface area contributed by atoms with Crippen LogP contribution in [-0.2, 0) is 9.59 Å². The maximum atomic E-state index is 9.73. The highest BCUT2D eigenvalue weighted by Gasteiger charge is 1.97. The van der Waals surface area contributed by atoms with Crippen molar-refractivity contribution >= 4 is 41.1 Å². The lowest BCUT2D eigenvalue weighted by Crippen LogP contribution is -2.27. The first-order valence-corrected chi connectivity index (χ1v) is 3.84. The molecule has 0 fully saturated rings. The maximum Gasteiger partial charge on any atom is 0.317 e. The van der Waals surface area contributed by atoms with E-state index in [4.69, 9.17) is 15.9 Å². The van der Waals surface area contributed by atoms with Gasteiger partial charge in [-0.2, -0.15) is 0 Å². The number of thiol groups is 1. The van der Waals surface area contributed by atoms with Crippen LogP contribution in [0.25, 0.3) is 0 Å². The fourth-order valence-corrected chi connectivity index (χ4v) is 0.276. The van der Waals surface area contributed by atoms with Crippen LogP contribution in [0.15, 0.2) is 0 Å². The van der Waals surface area contributed by atoms with Gasteiger partial charge in [0.1, 0.15) is 4.32 Å². The molecule has 76 valence electrons. The second-order valence-corrected chi connectivity index (χ2v) is 2.95. The van der Waals surface area contributed by atoms with Crippen molar-refractivity contribution < 1.29 is 19.8 Å². The molecule has 0 radical (unpaired) electrons. The molecule has 0 bridgehead atoms. The highest BCUT2D eigenvalue weighted by molar-refractivity contribution is 8.10. The predicted molar refractivity (Wildman–Crippen MR) is 53.9 cm³/mol. The van der Waals surface area contributed by atoms with Crippen LogP contribution in [0.5, 0.6) is 0 Å². The van der Waals surface area contributed by atoms with E-state index in [9.17, 15) is 9.59 Å². The Morgan fingerprint density at radius 2 is 1.54 bits per heavy atom. The SMILES string of the molecule is NC(=S)S.O=C(O)CNCC(=O)O. The summed E-state index contributed by atoms with van der Waals surface area (Å²) in [7, 11) is 0. The van der Waals surface area contributed by atoms with E-state index in [1.165, 1.54) is 0 Å². The molecule has 0 aromatic heterocycles. The molecule has 8 heteroatoms. The lowest BCUT2D eigenvalue weighted by molar-refractivity contribution is -0.137. The standard InChI is InChI=1S/C4H7NO4.CH3NS2/c6-3(7)1-5-2-4(8)9;2-1(3)4/h5H,1-2H2,(H,6,7)(H,8,9);(H3,2,3,4). The Morgan fingerprint density at radius 3 is 1.69 bits per heavy atom. The molecule has 0 aliphatic carbocycles. The summed E-state index contributed by atoms with van der Waals surface area (Å²) < 4.78 is 0.194. The summed E-state index contributed by atoms with van der Waals surface area (Å²) >= 11 is 7.65. The number of nitrogens with two attached hydrogens (primary N) is 1. The average molecular weight is 226 g/mol. The van der Waals surface area contributed by atoms with Gasteiger partial charge in [0.05, 0.1) is 13.1 Å². The van der Waals surface area contributed by atoms with Crippen LogP contribution in [0.2, 0.25) is 0 Å². The first kappa shape index (κ1) is 14.7. The number of carboxylic acids is 2. The van der Waals surface area contributed by atoms with Crippen LogP contribution < -0.4 is 11.1 Å². The van der Waals surface area contributed by atoms with Gasteiger partial charge >= 0.3 is 11.9 Å². The monoisotopic (exact) mass is 226 g/mol. The molecule has 0 amide bonds. The topological polar surface area (TPSA) is 113 Å². The molecule has 0 aliphatic rings. The number of rotatable bonds is 4. The molecule has 0 saturated heterocycles. The fraction of sp³-hybridized carbons (Fsp3) is 0.400. The van der Waals surface area contributed by atoms with Gasteiger partial charge in [-0.05, 0) is 0 Å². The molecule has 13 heavy (non-hydrogen) atoms. The Kier molecular flexibility index (Phi) is 10.4. The van der Waals surface area contributed by atoms with Crippen molar-refractivity contribution in [1.29, 1.82) is 0 Å². The minimum absolute atomic E-state index is 0.194. The Bertz CT molecular complexity index is 179.